The molecule has 0 radical (unpaired) electrons. The number of halogens is 2. The number of hydrogen-bond acceptors (Lipinski definition) is 4. The third kappa shape index (κ3) is 8.20. The molecule has 1 aliphatic carbocycles. The Kier molecular flexibility index (Phi) is 11.4. The van der Waals surface area contributed by atoms with Gasteiger partial charge in [-0.15, -0.1) is 24.8 Å². The summed E-state index contributed by atoms with van der Waals surface area (Å²) in [5, 5.41) is 10.2. The molecule has 1 heterocycles. The zero-order chi connectivity index (χ0) is 16.2. The van der Waals surface area contributed by atoms with Crippen molar-refractivity contribution in [1.82, 2.24) is 9.80 Å². The molecule has 6 heteroatoms. The number of rotatable bonds is 5. The fourth-order valence-corrected chi connectivity index (χ4v) is 3.72. The van der Waals surface area contributed by atoms with Crippen LogP contribution < -0.4 is 0 Å². The maximum Gasteiger partial charge on any atom is 0.0900 e. The Morgan fingerprint density at radius 1 is 1.00 bits per heavy atom. The molecule has 0 spiro atoms. The van der Waals surface area contributed by atoms with Gasteiger partial charge in [0.05, 0.1) is 18.8 Å². The van der Waals surface area contributed by atoms with Crippen molar-refractivity contribution in [2.24, 2.45) is 11.3 Å². The van der Waals surface area contributed by atoms with Crippen LogP contribution in [0.1, 0.15) is 46.5 Å². The van der Waals surface area contributed by atoms with E-state index >= 15 is 0 Å². The van der Waals surface area contributed by atoms with E-state index in [0.29, 0.717) is 18.1 Å². The summed E-state index contributed by atoms with van der Waals surface area (Å²) in [7, 11) is 2.16. The van der Waals surface area contributed by atoms with Crippen LogP contribution in [0, 0.1) is 11.3 Å². The van der Waals surface area contributed by atoms with Crippen LogP contribution in [-0.2, 0) is 4.74 Å². The second-order valence-corrected chi connectivity index (χ2v) is 8.43. The minimum atomic E-state index is -0.344. The average molecular weight is 385 g/mol. The summed E-state index contributed by atoms with van der Waals surface area (Å²) < 4.78 is 5.98. The van der Waals surface area contributed by atoms with Gasteiger partial charge in [0.15, 0.2) is 0 Å². The number of piperazine rings is 1. The number of likely N-dealkylation sites (N-methyl/N-ethyl adjacent to an activating group) is 1. The summed E-state index contributed by atoms with van der Waals surface area (Å²) in [6, 6.07) is 0. The maximum absolute atomic E-state index is 10.2. The van der Waals surface area contributed by atoms with Crippen molar-refractivity contribution in [3.63, 3.8) is 0 Å². The summed E-state index contributed by atoms with van der Waals surface area (Å²) in [6.45, 7) is 12.6. The van der Waals surface area contributed by atoms with E-state index in [2.05, 4.69) is 37.6 Å². The van der Waals surface area contributed by atoms with Crippen LogP contribution in [0.3, 0.4) is 0 Å². The van der Waals surface area contributed by atoms with Crippen LogP contribution in [0.4, 0.5) is 0 Å². The van der Waals surface area contributed by atoms with E-state index in [0.717, 1.165) is 51.5 Å². The van der Waals surface area contributed by atoms with E-state index in [1.54, 1.807) is 0 Å². The molecule has 1 aliphatic heterocycles. The van der Waals surface area contributed by atoms with Crippen molar-refractivity contribution < 1.29 is 9.84 Å². The average Bonchev–Trinajstić information content (AvgIpc) is 2.47. The minimum absolute atomic E-state index is 0. The molecule has 1 unspecified atom stereocenters. The van der Waals surface area contributed by atoms with Gasteiger partial charge in [0.25, 0.3) is 0 Å². The maximum atomic E-state index is 10.2. The number of ether oxygens (including phenoxy) is 1. The smallest absolute Gasteiger partial charge is 0.0900 e. The molecule has 1 atom stereocenters. The molecule has 2 aliphatic rings. The van der Waals surface area contributed by atoms with Crippen LogP contribution in [-0.4, -0.2) is 73.5 Å². The van der Waals surface area contributed by atoms with Gasteiger partial charge in [-0.05, 0) is 44.1 Å². The van der Waals surface area contributed by atoms with E-state index in [-0.39, 0.29) is 30.9 Å². The fourth-order valence-electron chi connectivity index (χ4n) is 3.72. The molecule has 0 amide bonds. The van der Waals surface area contributed by atoms with E-state index in [1.165, 1.54) is 12.8 Å². The highest BCUT2D eigenvalue weighted by atomic mass is 35.5. The van der Waals surface area contributed by atoms with Crippen molar-refractivity contribution in [2.75, 3.05) is 46.4 Å². The van der Waals surface area contributed by atoms with Crippen LogP contribution in [0.5, 0.6) is 0 Å². The van der Waals surface area contributed by atoms with Gasteiger partial charge in [-0.1, -0.05) is 20.8 Å². The molecule has 1 N–H and O–H groups in total. The van der Waals surface area contributed by atoms with Crippen LogP contribution in [0.25, 0.3) is 0 Å². The Labute approximate surface area is 161 Å². The summed E-state index contributed by atoms with van der Waals surface area (Å²) in [6.07, 6.45) is 4.86. The second kappa shape index (κ2) is 11.2. The lowest BCUT2D eigenvalue weighted by molar-refractivity contribution is -0.0467. The molecule has 0 aromatic heterocycles. The van der Waals surface area contributed by atoms with Gasteiger partial charge in [-0.25, -0.2) is 0 Å². The Bertz CT molecular complexity index is 323. The summed E-state index contributed by atoms with van der Waals surface area (Å²) >= 11 is 0. The first-order valence-corrected chi connectivity index (χ1v) is 9.05. The topological polar surface area (TPSA) is 35.9 Å². The lowest BCUT2D eigenvalue weighted by Crippen LogP contribution is -2.47. The summed E-state index contributed by atoms with van der Waals surface area (Å²) in [5.74, 6) is 0.822. The van der Waals surface area contributed by atoms with Gasteiger partial charge >= 0.3 is 0 Å². The van der Waals surface area contributed by atoms with Gasteiger partial charge in [0, 0.05) is 32.7 Å². The Hall–Kier alpha value is 0.420. The Balaban J connectivity index is 0.00000264. The largest absolute Gasteiger partial charge is 0.389 e. The van der Waals surface area contributed by atoms with Gasteiger partial charge in [-0.2, -0.15) is 0 Å². The first kappa shape index (κ1) is 24.4. The molecule has 0 aromatic carbocycles. The highest BCUT2D eigenvalue weighted by Gasteiger charge is 2.30. The van der Waals surface area contributed by atoms with E-state index < -0.39 is 0 Å². The molecule has 1 saturated heterocycles. The molecule has 4 nitrogen and oxygen atoms in total. The van der Waals surface area contributed by atoms with Gasteiger partial charge in [0.2, 0.25) is 0 Å². The van der Waals surface area contributed by atoms with E-state index in [4.69, 9.17) is 4.74 Å². The number of nitrogens with zero attached hydrogens (tertiary/aromatic N) is 2. The molecule has 1 saturated carbocycles. The normalized spacial score (nSPS) is 27.9. The van der Waals surface area contributed by atoms with Crippen molar-refractivity contribution in [3.8, 4) is 0 Å². The van der Waals surface area contributed by atoms with Crippen LogP contribution in [0.15, 0.2) is 0 Å². The molecule has 24 heavy (non-hydrogen) atoms. The highest BCUT2D eigenvalue weighted by Crippen LogP contribution is 2.38. The third-order valence-corrected chi connectivity index (χ3v) is 5.49. The van der Waals surface area contributed by atoms with Gasteiger partial charge in [-0.3, -0.25) is 4.90 Å². The molecule has 0 aromatic rings. The minimum Gasteiger partial charge on any atom is -0.389 e. The van der Waals surface area contributed by atoms with Crippen molar-refractivity contribution >= 4 is 24.8 Å². The summed E-state index contributed by atoms with van der Waals surface area (Å²) in [5.41, 5.74) is 0.423. The van der Waals surface area contributed by atoms with Gasteiger partial charge in [0.1, 0.15) is 0 Å². The van der Waals surface area contributed by atoms with E-state index in [9.17, 15) is 5.11 Å². The molecule has 2 rings (SSSR count). The molecule has 0 bridgehead atoms. The Morgan fingerprint density at radius 2 is 1.54 bits per heavy atom. The number of β-amino-alcohol motifs (C(OH)–C–C–N with tert-alkyl or cyclic N) is 1. The van der Waals surface area contributed by atoms with Gasteiger partial charge < -0.3 is 14.7 Å². The number of hydrogen-bond donors (Lipinski definition) is 1. The lowest BCUT2D eigenvalue weighted by atomic mass is 9.72. The molecular weight excluding hydrogens is 347 g/mol. The monoisotopic (exact) mass is 384 g/mol. The van der Waals surface area contributed by atoms with Crippen LogP contribution >= 0.6 is 24.8 Å². The van der Waals surface area contributed by atoms with Crippen LogP contribution in [0.2, 0.25) is 0 Å². The standard InChI is InChI=1S/C18H36N2O2.2ClH/c1-18(2,3)15-5-7-17(8-6-15)22-14-16(21)13-20-11-9-19(4)10-12-20;;/h15-17,21H,5-14H2,1-4H3;2*1H. The molecule has 146 valence electrons. The quantitative estimate of drug-likeness (QED) is 0.789. The first-order chi connectivity index (χ1) is 10.3. The molecule has 2 fully saturated rings. The third-order valence-electron chi connectivity index (χ3n) is 5.49. The van der Waals surface area contributed by atoms with Crippen molar-refractivity contribution in [3.05, 3.63) is 0 Å². The zero-order valence-electron chi connectivity index (χ0n) is 15.9. The number of aliphatic hydroxyl groups is 1. The lowest BCUT2D eigenvalue weighted by Gasteiger charge is -2.37. The van der Waals surface area contributed by atoms with Crippen molar-refractivity contribution in [1.29, 1.82) is 0 Å². The zero-order valence-corrected chi connectivity index (χ0v) is 17.5. The SMILES string of the molecule is CN1CCN(CC(O)COC2CCC(C(C)(C)C)CC2)CC1.Cl.Cl. The number of aliphatic hydroxyl groups excluding tert-OH is 1. The second-order valence-electron chi connectivity index (χ2n) is 8.43. The van der Waals surface area contributed by atoms with E-state index in [1.807, 2.05) is 0 Å². The Morgan fingerprint density at radius 3 is 2.04 bits per heavy atom. The first-order valence-electron chi connectivity index (χ1n) is 9.05. The molecular formula is C18H38Cl2N2O2. The highest BCUT2D eigenvalue weighted by molar-refractivity contribution is 5.85. The summed E-state index contributed by atoms with van der Waals surface area (Å²) in [4.78, 5) is 4.69. The predicted molar refractivity (Wildman–Crippen MR) is 106 cm³/mol. The fraction of sp³-hybridized carbons (Fsp3) is 1.00. The predicted octanol–water partition coefficient (Wildman–Crippen LogP) is 3.06. The van der Waals surface area contributed by atoms with Crippen molar-refractivity contribution in [2.45, 2.75) is 58.7 Å².